The number of aliphatic hydroxyl groups excluding tert-OH is 1. The first-order chi connectivity index (χ1) is 17.1. The second-order valence-corrected chi connectivity index (χ2v) is 8.73. The highest BCUT2D eigenvalue weighted by molar-refractivity contribution is 6.04. The maximum atomic E-state index is 13.9. The molecule has 1 N–H and O–H groups in total. The van der Waals surface area contributed by atoms with Crippen LogP contribution < -0.4 is 0 Å². The number of hydrogen-bond acceptors (Lipinski definition) is 3. The number of piperidine rings is 1. The van der Waals surface area contributed by atoms with Crippen LogP contribution in [0.5, 0.6) is 0 Å². The molecule has 1 saturated heterocycles. The van der Waals surface area contributed by atoms with Crippen LogP contribution in [0.2, 0.25) is 0 Å². The normalized spacial score (nSPS) is 17.9. The van der Waals surface area contributed by atoms with Crippen molar-refractivity contribution in [2.24, 2.45) is 0 Å². The van der Waals surface area contributed by atoms with Crippen molar-refractivity contribution in [1.29, 1.82) is 0 Å². The highest BCUT2D eigenvalue weighted by Gasteiger charge is 2.35. The summed E-state index contributed by atoms with van der Waals surface area (Å²) in [6, 6.07) is 5.19. The van der Waals surface area contributed by atoms with Gasteiger partial charge in [0.2, 0.25) is 5.91 Å². The molecular weight excluding hydrogens is 485 g/mol. The average molecular weight is 509 g/mol. The van der Waals surface area contributed by atoms with Crippen LogP contribution in [0, 0.1) is 17.8 Å². The van der Waals surface area contributed by atoms with Gasteiger partial charge in [0, 0.05) is 49.6 Å². The molecule has 36 heavy (non-hydrogen) atoms. The van der Waals surface area contributed by atoms with E-state index >= 15 is 0 Å². The van der Waals surface area contributed by atoms with Crippen molar-refractivity contribution in [1.82, 2.24) is 14.4 Å². The molecule has 0 radical (unpaired) electrons. The van der Waals surface area contributed by atoms with Gasteiger partial charge in [-0.25, -0.2) is 8.78 Å². The number of carbonyl (C=O) groups excluding carboxylic acids is 2. The van der Waals surface area contributed by atoms with Crippen LogP contribution in [-0.4, -0.2) is 63.7 Å². The lowest BCUT2D eigenvalue weighted by Crippen LogP contribution is -2.42. The van der Waals surface area contributed by atoms with Gasteiger partial charge in [-0.05, 0) is 30.5 Å². The number of rotatable bonds is 6. The van der Waals surface area contributed by atoms with Crippen molar-refractivity contribution in [3.05, 3.63) is 47.0 Å². The summed E-state index contributed by atoms with van der Waals surface area (Å²) in [5, 5.41) is 9.44. The zero-order valence-electron chi connectivity index (χ0n) is 19.2. The summed E-state index contributed by atoms with van der Waals surface area (Å²) in [5.74, 6) is 0.462. The standard InChI is InChI=1S/C25H24F5N3O3/c26-17-3-1-9-33(14-17)22(35)7-10-31-8-2-4-21-23(24(31)36)18(15-32(21)11-12-34)16-5-6-20(27)19(13-16)25(28,29)30/h5-6,13,15,17,34H,1,3-4,7,9-12,14H2. The number of carbonyl (C=O) groups is 2. The number of aromatic nitrogens is 1. The number of likely N-dealkylation sites (tertiary alicyclic amines) is 1. The molecule has 192 valence electrons. The van der Waals surface area contributed by atoms with Gasteiger partial charge in [0.15, 0.2) is 0 Å². The van der Waals surface area contributed by atoms with Gasteiger partial charge in [-0.1, -0.05) is 12.0 Å². The van der Waals surface area contributed by atoms with Gasteiger partial charge < -0.3 is 14.6 Å². The second-order valence-electron chi connectivity index (χ2n) is 8.73. The summed E-state index contributed by atoms with van der Waals surface area (Å²) in [6.45, 7) is 0.136. The second kappa shape index (κ2) is 10.3. The number of aliphatic hydroxyl groups is 1. The van der Waals surface area contributed by atoms with E-state index in [2.05, 4.69) is 12.0 Å². The number of amides is 2. The summed E-state index contributed by atoms with van der Waals surface area (Å²) >= 11 is 0. The predicted octanol–water partition coefficient (Wildman–Crippen LogP) is 3.62. The number of benzene rings is 1. The highest BCUT2D eigenvalue weighted by Crippen LogP contribution is 2.37. The topological polar surface area (TPSA) is 65.8 Å². The summed E-state index contributed by atoms with van der Waals surface area (Å²) < 4.78 is 69.1. The minimum atomic E-state index is -4.93. The SMILES string of the molecule is O=C1c2c(-c3ccc(F)c(C(F)(F)F)c3)cn(CCO)c2CC#CN1CCC(=O)N1CCCC(F)C1. The zero-order chi connectivity index (χ0) is 26.0. The van der Waals surface area contributed by atoms with Crippen LogP contribution in [0.1, 0.15) is 40.9 Å². The van der Waals surface area contributed by atoms with Crippen LogP contribution in [0.3, 0.4) is 0 Å². The van der Waals surface area contributed by atoms with Gasteiger partial charge >= 0.3 is 6.18 Å². The summed E-state index contributed by atoms with van der Waals surface area (Å²) in [4.78, 5) is 28.6. The minimum Gasteiger partial charge on any atom is -0.395 e. The van der Waals surface area contributed by atoms with Crippen molar-refractivity contribution in [3.8, 4) is 23.1 Å². The molecule has 0 spiro atoms. The monoisotopic (exact) mass is 509 g/mol. The summed E-state index contributed by atoms with van der Waals surface area (Å²) in [7, 11) is 0. The molecule has 2 aromatic rings. The number of halogens is 5. The molecule has 1 aromatic carbocycles. The maximum absolute atomic E-state index is 13.9. The maximum Gasteiger partial charge on any atom is 0.419 e. The van der Waals surface area contributed by atoms with Gasteiger partial charge in [-0.3, -0.25) is 14.5 Å². The molecule has 11 heteroatoms. The van der Waals surface area contributed by atoms with Gasteiger partial charge in [0.1, 0.15) is 12.0 Å². The molecule has 2 aliphatic heterocycles. The Balaban J connectivity index is 1.65. The van der Waals surface area contributed by atoms with Crippen LogP contribution in [0.15, 0.2) is 24.4 Å². The quantitative estimate of drug-likeness (QED) is 0.478. The van der Waals surface area contributed by atoms with Crippen LogP contribution in [-0.2, 0) is 23.9 Å². The molecule has 0 saturated carbocycles. The van der Waals surface area contributed by atoms with Crippen LogP contribution in [0.4, 0.5) is 22.0 Å². The first-order valence-electron chi connectivity index (χ1n) is 11.5. The first kappa shape index (κ1) is 25.7. The van der Waals surface area contributed by atoms with Crippen molar-refractivity contribution in [3.63, 3.8) is 0 Å². The molecule has 6 nitrogen and oxygen atoms in total. The fourth-order valence-corrected chi connectivity index (χ4v) is 4.54. The molecule has 2 aliphatic rings. The Morgan fingerprint density at radius 1 is 1.22 bits per heavy atom. The molecule has 4 rings (SSSR count). The van der Waals surface area contributed by atoms with Gasteiger partial charge in [-0.2, -0.15) is 13.2 Å². The molecule has 1 unspecified atom stereocenters. The van der Waals surface area contributed by atoms with Crippen LogP contribution >= 0.6 is 0 Å². The van der Waals surface area contributed by atoms with Crippen molar-refractivity contribution in [2.45, 2.75) is 44.6 Å². The molecule has 0 aliphatic carbocycles. The Bertz CT molecular complexity index is 1230. The Labute approximate surface area is 204 Å². The summed E-state index contributed by atoms with van der Waals surface area (Å²) in [5.41, 5.74) is -0.886. The smallest absolute Gasteiger partial charge is 0.395 e. The lowest BCUT2D eigenvalue weighted by molar-refractivity contribution is -0.140. The van der Waals surface area contributed by atoms with E-state index in [0.29, 0.717) is 37.2 Å². The minimum absolute atomic E-state index is 0.00285. The van der Waals surface area contributed by atoms with E-state index in [1.807, 2.05) is 0 Å². The lowest BCUT2D eigenvalue weighted by Gasteiger charge is -2.29. The molecule has 1 atom stereocenters. The zero-order valence-corrected chi connectivity index (χ0v) is 19.2. The average Bonchev–Trinajstić information content (AvgIpc) is 3.09. The molecular formula is C25H24F5N3O3. The molecule has 2 amide bonds. The number of fused-ring (bicyclic) bond motifs is 1. The van der Waals surface area contributed by atoms with Crippen LogP contribution in [0.25, 0.3) is 11.1 Å². The Kier molecular flexibility index (Phi) is 7.36. The van der Waals surface area contributed by atoms with Gasteiger partial charge in [0.25, 0.3) is 5.91 Å². The van der Waals surface area contributed by atoms with Crippen molar-refractivity contribution >= 4 is 11.8 Å². The van der Waals surface area contributed by atoms with E-state index in [0.717, 1.165) is 11.0 Å². The predicted molar refractivity (Wildman–Crippen MR) is 120 cm³/mol. The third kappa shape index (κ3) is 5.23. The van der Waals surface area contributed by atoms with Gasteiger partial charge in [-0.15, -0.1) is 0 Å². The van der Waals surface area contributed by atoms with E-state index in [-0.39, 0.29) is 61.7 Å². The van der Waals surface area contributed by atoms with Crippen molar-refractivity contribution in [2.75, 3.05) is 26.2 Å². The molecule has 1 aromatic heterocycles. The molecule has 3 heterocycles. The summed E-state index contributed by atoms with van der Waals surface area (Å²) in [6.07, 6.45) is -3.64. The van der Waals surface area contributed by atoms with Crippen molar-refractivity contribution < 1.29 is 36.6 Å². The molecule has 1 fully saturated rings. The number of nitrogens with zero attached hydrogens (tertiary/aromatic N) is 3. The Morgan fingerprint density at radius 2 is 2.00 bits per heavy atom. The lowest BCUT2D eigenvalue weighted by atomic mass is 9.99. The van der Waals surface area contributed by atoms with E-state index in [9.17, 15) is 36.6 Å². The molecule has 0 bridgehead atoms. The van der Waals surface area contributed by atoms with E-state index in [1.165, 1.54) is 15.7 Å². The third-order valence-electron chi connectivity index (χ3n) is 6.31. The third-order valence-corrected chi connectivity index (χ3v) is 6.31. The Hall–Kier alpha value is -3.39. The van der Waals surface area contributed by atoms with E-state index in [1.54, 1.807) is 0 Å². The fourth-order valence-electron chi connectivity index (χ4n) is 4.54. The van der Waals surface area contributed by atoms with E-state index in [4.69, 9.17) is 0 Å². The van der Waals surface area contributed by atoms with Gasteiger partial charge in [0.05, 0.1) is 30.7 Å². The Morgan fingerprint density at radius 3 is 2.69 bits per heavy atom. The number of alkyl halides is 4. The number of hydrogen-bond donors (Lipinski definition) is 1. The largest absolute Gasteiger partial charge is 0.419 e. The highest BCUT2D eigenvalue weighted by atomic mass is 19.4. The van der Waals surface area contributed by atoms with E-state index < -0.39 is 29.6 Å². The first-order valence-corrected chi connectivity index (χ1v) is 11.5. The fraction of sp³-hybridized carbons (Fsp3) is 0.440.